The average Bonchev–Trinajstić information content (AvgIpc) is 2.41. The number of hydrogen-bond acceptors (Lipinski definition) is 5. The number of amides is 1. The lowest BCUT2D eigenvalue weighted by Crippen LogP contribution is -2.49. The Morgan fingerprint density at radius 2 is 2.10 bits per heavy atom. The third-order valence-corrected chi connectivity index (χ3v) is 3.30. The number of likely N-dealkylation sites (N-methyl/N-ethyl adjacent to an activating group) is 1. The van der Waals surface area contributed by atoms with E-state index in [9.17, 15) is 14.7 Å². The van der Waals surface area contributed by atoms with Crippen LogP contribution in [0.1, 0.15) is 36.1 Å². The molecule has 0 spiro atoms. The fraction of sp³-hybridized carbons (Fsp3) is 0.538. The van der Waals surface area contributed by atoms with Crippen molar-refractivity contribution in [2.24, 2.45) is 0 Å². The predicted molar refractivity (Wildman–Crippen MR) is 72.9 cm³/mol. The SMILES string of the molecule is CC(C)c1ncc(N2CCN(C)C(=O)C2)c(C(=O)O)n1. The third kappa shape index (κ3) is 2.71. The van der Waals surface area contributed by atoms with Crippen molar-refractivity contribution in [2.45, 2.75) is 19.8 Å². The maximum Gasteiger partial charge on any atom is 0.356 e. The van der Waals surface area contributed by atoms with E-state index in [2.05, 4.69) is 9.97 Å². The largest absolute Gasteiger partial charge is 0.476 e. The Kier molecular flexibility index (Phi) is 3.87. The van der Waals surface area contributed by atoms with Crippen LogP contribution in [0, 0.1) is 0 Å². The molecule has 0 aromatic carbocycles. The summed E-state index contributed by atoms with van der Waals surface area (Å²) in [5.41, 5.74) is 0.365. The fourth-order valence-electron chi connectivity index (χ4n) is 2.02. The van der Waals surface area contributed by atoms with Crippen molar-refractivity contribution in [2.75, 3.05) is 31.6 Å². The van der Waals surface area contributed by atoms with E-state index in [1.54, 1.807) is 16.8 Å². The van der Waals surface area contributed by atoms with Gasteiger partial charge in [0, 0.05) is 26.1 Å². The van der Waals surface area contributed by atoms with Crippen LogP contribution >= 0.6 is 0 Å². The van der Waals surface area contributed by atoms with Crippen molar-refractivity contribution in [1.29, 1.82) is 0 Å². The summed E-state index contributed by atoms with van der Waals surface area (Å²) < 4.78 is 0. The molecule has 1 aromatic rings. The molecule has 7 nitrogen and oxygen atoms in total. The van der Waals surface area contributed by atoms with Crippen LogP contribution in [0.3, 0.4) is 0 Å². The van der Waals surface area contributed by atoms with Gasteiger partial charge in [-0.2, -0.15) is 0 Å². The van der Waals surface area contributed by atoms with E-state index in [-0.39, 0.29) is 24.1 Å². The zero-order valence-electron chi connectivity index (χ0n) is 11.8. The standard InChI is InChI=1S/C13H18N4O3/c1-8(2)12-14-6-9(11(15-12)13(19)20)17-5-4-16(3)10(18)7-17/h6,8H,4-5,7H2,1-3H3,(H,19,20). The number of nitrogens with zero attached hydrogens (tertiary/aromatic N) is 4. The quantitative estimate of drug-likeness (QED) is 0.870. The summed E-state index contributed by atoms with van der Waals surface area (Å²) in [5.74, 6) is -0.598. The molecule has 108 valence electrons. The van der Waals surface area contributed by atoms with Crippen molar-refractivity contribution in [3.05, 3.63) is 17.7 Å². The Balaban J connectivity index is 2.36. The maximum atomic E-state index is 11.7. The van der Waals surface area contributed by atoms with Crippen molar-refractivity contribution in [3.8, 4) is 0 Å². The lowest BCUT2D eigenvalue weighted by Gasteiger charge is -2.33. The smallest absolute Gasteiger partial charge is 0.356 e. The number of carboxylic acid groups (broad SMARTS) is 1. The van der Waals surface area contributed by atoms with Crippen LogP contribution in [0.25, 0.3) is 0 Å². The first kappa shape index (κ1) is 14.2. The highest BCUT2D eigenvalue weighted by Crippen LogP contribution is 2.22. The molecule has 2 rings (SSSR count). The zero-order chi connectivity index (χ0) is 14.9. The highest BCUT2D eigenvalue weighted by Gasteiger charge is 2.26. The second-order valence-corrected chi connectivity index (χ2v) is 5.16. The van der Waals surface area contributed by atoms with E-state index in [0.717, 1.165) is 0 Å². The van der Waals surface area contributed by atoms with Gasteiger partial charge < -0.3 is 14.9 Å². The molecule has 2 heterocycles. The summed E-state index contributed by atoms with van der Waals surface area (Å²) in [6, 6.07) is 0. The number of piperazine rings is 1. The molecule has 7 heteroatoms. The number of aromatic nitrogens is 2. The Labute approximate surface area is 117 Å². The average molecular weight is 278 g/mol. The summed E-state index contributed by atoms with van der Waals surface area (Å²) in [7, 11) is 1.73. The van der Waals surface area contributed by atoms with Crippen molar-refractivity contribution >= 4 is 17.6 Å². The molecule has 0 unspecified atom stereocenters. The summed E-state index contributed by atoms with van der Waals surface area (Å²) in [5, 5.41) is 9.31. The lowest BCUT2D eigenvalue weighted by atomic mass is 10.2. The number of carbonyl (C=O) groups excluding carboxylic acids is 1. The predicted octanol–water partition coefficient (Wildman–Crippen LogP) is 0.577. The van der Waals surface area contributed by atoms with Crippen LogP contribution in [-0.2, 0) is 4.79 Å². The zero-order valence-corrected chi connectivity index (χ0v) is 11.8. The molecular formula is C13H18N4O3. The Hall–Kier alpha value is -2.18. The first-order chi connectivity index (χ1) is 9.40. The molecule has 1 saturated heterocycles. The number of carboxylic acids is 1. The van der Waals surface area contributed by atoms with Gasteiger partial charge >= 0.3 is 5.97 Å². The topological polar surface area (TPSA) is 86.6 Å². The minimum absolute atomic E-state index is 0.0407. The Morgan fingerprint density at radius 3 is 2.65 bits per heavy atom. The van der Waals surface area contributed by atoms with Gasteiger partial charge in [0.15, 0.2) is 5.69 Å². The molecule has 1 fully saturated rings. The fourth-order valence-corrected chi connectivity index (χ4v) is 2.02. The van der Waals surface area contributed by atoms with Gasteiger partial charge in [0.1, 0.15) is 5.82 Å². The Morgan fingerprint density at radius 1 is 1.40 bits per heavy atom. The molecule has 20 heavy (non-hydrogen) atoms. The van der Waals surface area contributed by atoms with Gasteiger partial charge in [0.25, 0.3) is 0 Å². The van der Waals surface area contributed by atoms with Crippen LogP contribution in [0.15, 0.2) is 6.20 Å². The second kappa shape index (κ2) is 5.44. The molecule has 1 aliphatic rings. The molecule has 1 aliphatic heterocycles. The van der Waals surface area contributed by atoms with E-state index >= 15 is 0 Å². The highest BCUT2D eigenvalue weighted by atomic mass is 16.4. The van der Waals surface area contributed by atoms with Crippen LogP contribution in [0.5, 0.6) is 0 Å². The summed E-state index contributed by atoms with van der Waals surface area (Å²) in [4.78, 5) is 34.8. The number of anilines is 1. The number of aromatic carboxylic acids is 1. The summed E-state index contributed by atoms with van der Waals surface area (Å²) >= 11 is 0. The number of carbonyl (C=O) groups is 2. The van der Waals surface area contributed by atoms with E-state index in [1.807, 2.05) is 13.8 Å². The van der Waals surface area contributed by atoms with Crippen molar-refractivity contribution < 1.29 is 14.7 Å². The second-order valence-electron chi connectivity index (χ2n) is 5.16. The van der Waals surface area contributed by atoms with Crippen LogP contribution in [0.4, 0.5) is 5.69 Å². The maximum absolute atomic E-state index is 11.7. The van der Waals surface area contributed by atoms with Crippen molar-refractivity contribution in [1.82, 2.24) is 14.9 Å². The third-order valence-electron chi connectivity index (χ3n) is 3.30. The lowest BCUT2D eigenvalue weighted by molar-refractivity contribution is -0.129. The van der Waals surface area contributed by atoms with Crippen LogP contribution in [-0.4, -0.2) is 58.5 Å². The minimum atomic E-state index is -1.10. The first-order valence-electron chi connectivity index (χ1n) is 6.49. The van der Waals surface area contributed by atoms with Gasteiger partial charge in [-0.25, -0.2) is 14.8 Å². The molecule has 0 bridgehead atoms. The van der Waals surface area contributed by atoms with Gasteiger partial charge in [-0.05, 0) is 0 Å². The van der Waals surface area contributed by atoms with Crippen LogP contribution < -0.4 is 4.90 Å². The molecular weight excluding hydrogens is 260 g/mol. The Bertz CT molecular complexity index is 544. The molecule has 0 aliphatic carbocycles. The summed E-state index contributed by atoms with van der Waals surface area (Å²) in [6.45, 7) is 5.10. The monoisotopic (exact) mass is 278 g/mol. The van der Waals surface area contributed by atoms with E-state index in [1.165, 1.54) is 6.20 Å². The number of hydrogen-bond donors (Lipinski definition) is 1. The van der Waals surface area contributed by atoms with Gasteiger partial charge in [-0.3, -0.25) is 4.79 Å². The van der Waals surface area contributed by atoms with Gasteiger partial charge in [-0.1, -0.05) is 13.8 Å². The minimum Gasteiger partial charge on any atom is -0.476 e. The number of rotatable bonds is 3. The molecule has 0 saturated carbocycles. The van der Waals surface area contributed by atoms with E-state index in [4.69, 9.17) is 0 Å². The van der Waals surface area contributed by atoms with Gasteiger partial charge in [0.05, 0.1) is 18.4 Å². The van der Waals surface area contributed by atoms with Crippen molar-refractivity contribution in [3.63, 3.8) is 0 Å². The van der Waals surface area contributed by atoms with Gasteiger partial charge in [0.2, 0.25) is 5.91 Å². The van der Waals surface area contributed by atoms with E-state index in [0.29, 0.717) is 24.6 Å². The molecule has 1 aromatic heterocycles. The van der Waals surface area contributed by atoms with E-state index < -0.39 is 5.97 Å². The molecule has 1 N–H and O–H groups in total. The van der Waals surface area contributed by atoms with Gasteiger partial charge in [-0.15, -0.1) is 0 Å². The molecule has 1 amide bonds. The van der Waals surface area contributed by atoms with Crippen LogP contribution in [0.2, 0.25) is 0 Å². The summed E-state index contributed by atoms with van der Waals surface area (Å²) in [6.07, 6.45) is 1.50. The first-order valence-corrected chi connectivity index (χ1v) is 6.49. The molecule has 0 radical (unpaired) electrons. The highest BCUT2D eigenvalue weighted by molar-refractivity contribution is 5.93. The molecule has 0 atom stereocenters. The normalized spacial score (nSPS) is 15.9.